The van der Waals surface area contributed by atoms with Crippen LogP contribution < -0.4 is 9.47 Å². The summed E-state index contributed by atoms with van der Waals surface area (Å²) in [5, 5.41) is 34.9. The van der Waals surface area contributed by atoms with Gasteiger partial charge in [0.1, 0.15) is 0 Å². The van der Waals surface area contributed by atoms with E-state index in [4.69, 9.17) is 53.1 Å². The molecule has 0 saturated heterocycles. The highest BCUT2D eigenvalue weighted by Gasteiger charge is 2.40. The summed E-state index contributed by atoms with van der Waals surface area (Å²) in [6.45, 7) is 1.18. The fourth-order valence-electron chi connectivity index (χ4n) is 3.09. The molecule has 1 aliphatic heterocycles. The number of aliphatic hydroxyl groups is 1. The number of benzene rings is 2. The zero-order chi connectivity index (χ0) is 27.8. The Kier molecular flexibility index (Phi) is 10.7. The van der Waals surface area contributed by atoms with E-state index in [0.717, 1.165) is 41.3 Å². The van der Waals surface area contributed by atoms with Gasteiger partial charge in [0, 0.05) is 18.8 Å². The number of carbonyl (C=O) groups is 3. The molecule has 0 aromatic heterocycles. The summed E-state index contributed by atoms with van der Waals surface area (Å²) in [5.74, 6) is -3.52. The minimum atomic E-state index is -2.74. The molecular weight excluding hydrogens is 531 g/mol. The molecule has 0 spiro atoms. The minimum absolute atomic E-state index is 0.252. The van der Waals surface area contributed by atoms with Crippen molar-refractivity contribution in [3.8, 4) is 11.5 Å². The average Bonchev–Trinajstić information content (AvgIpc) is 3.24. The molecule has 0 fully saturated rings. The number of carboxylic acids is 3. The second kappa shape index (κ2) is 13.2. The lowest BCUT2D eigenvalue weighted by atomic mass is 9.96. The number of aliphatic imine (C=N–C) groups is 1. The molecule has 13 heteroatoms. The Balaban J connectivity index is 0.000000317. The molecule has 0 amide bonds. The number of nitrogens with zero attached hydrogens (tertiary/aromatic N) is 2. The second-order valence-electron chi connectivity index (χ2n) is 8.30. The molecule has 2 aromatic carbocycles. The van der Waals surface area contributed by atoms with Crippen molar-refractivity contribution in [1.82, 2.24) is 4.90 Å². The Morgan fingerprint density at radius 1 is 1.00 bits per heavy atom. The lowest BCUT2D eigenvalue weighted by Crippen LogP contribution is -2.42. The molecule has 200 valence electrons. The predicted octanol–water partition coefficient (Wildman–Crippen LogP) is 3.33. The van der Waals surface area contributed by atoms with E-state index in [-0.39, 0.29) is 6.79 Å². The van der Waals surface area contributed by atoms with Crippen LogP contribution in [0.2, 0.25) is 10.0 Å². The highest BCUT2D eigenvalue weighted by atomic mass is 35.5. The van der Waals surface area contributed by atoms with Gasteiger partial charge in [-0.25, -0.2) is 4.79 Å². The standard InChI is InChI=1S/C18H18Cl2N2O2.C6H8O7/c1-22(2)6-5-13-8-17-18(24-11-23-17)9-16(13)21-10-12-3-4-14(19)15(20)7-12;7-3(8)1-6(13,5(11)12)2-4(9)10/h3-4,7-10H,5-6,11H2,1-2H3;13H,1-2H2,(H,7,8)(H,9,10)(H,11,12). The molecule has 0 aliphatic carbocycles. The Hall–Kier alpha value is -3.38. The second-order valence-corrected chi connectivity index (χ2v) is 9.11. The van der Waals surface area contributed by atoms with E-state index < -0.39 is 36.4 Å². The van der Waals surface area contributed by atoms with Gasteiger partial charge < -0.3 is 34.8 Å². The number of carboxylic acid groups (broad SMARTS) is 3. The predicted molar refractivity (Wildman–Crippen MR) is 136 cm³/mol. The third-order valence-electron chi connectivity index (χ3n) is 4.98. The smallest absolute Gasteiger partial charge is 0.336 e. The zero-order valence-electron chi connectivity index (χ0n) is 20.0. The number of hydrogen-bond donors (Lipinski definition) is 4. The van der Waals surface area contributed by atoms with Crippen molar-refractivity contribution >= 4 is 53.0 Å². The average molecular weight is 557 g/mol. The maximum atomic E-state index is 10.3. The van der Waals surface area contributed by atoms with Gasteiger partial charge in [0.25, 0.3) is 0 Å². The third-order valence-corrected chi connectivity index (χ3v) is 5.72. The molecule has 0 radical (unpaired) electrons. The molecular formula is C24H26Cl2N2O9. The number of ether oxygens (including phenoxy) is 2. The first-order chi connectivity index (χ1) is 17.3. The van der Waals surface area contributed by atoms with Crippen LogP contribution in [-0.2, 0) is 20.8 Å². The maximum Gasteiger partial charge on any atom is 0.336 e. The van der Waals surface area contributed by atoms with Crippen molar-refractivity contribution in [1.29, 1.82) is 0 Å². The fourth-order valence-corrected chi connectivity index (χ4v) is 3.40. The first-order valence-corrected chi connectivity index (χ1v) is 11.5. The van der Waals surface area contributed by atoms with Gasteiger partial charge in [-0.05, 0) is 49.8 Å². The number of aliphatic carboxylic acids is 3. The summed E-state index contributed by atoms with van der Waals surface area (Å²) in [4.78, 5) is 37.2. The van der Waals surface area contributed by atoms with Crippen LogP contribution in [0.5, 0.6) is 11.5 Å². The molecule has 1 heterocycles. The van der Waals surface area contributed by atoms with E-state index in [9.17, 15) is 14.4 Å². The number of rotatable bonds is 10. The summed E-state index contributed by atoms with van der Waals surface area (Å²) in [7, 11) is 4.09. The van der Waals surface area contributed by atoms with Crippen molar-refractivity contribution in [2.75, 3.05) is 27.4 Å². The van der Waals surface area contributed by atoms with E-state index >= 15 is 0 Å². The van der Waals surface area contributed by atoms with E-state index in [1.165, 1.54) is 0 Å². The van der Waals surface area contributed by atoms with Gasteiger partial charge >= 0.3 is 17.9 Å². The Labute approximate surface area is 222 Å². The molecule has 1 aliphatic rings. The Bertz CT molecular complexity index is 1170. The zero-order valence-corrected chi connectivity index (χ0v) is 21.5. The number of halogens is 2. The normalized spacial score (nSPS) is 12.4. The molecule has 11 nitrogen and oxygen atoms in total. The molecule has 0 saturated carbocycles. The molecule has 4 N–H and O–H groups in total. The van der Waals surface area contributed by atoms with Gasteiger partial charge in [-0.2, -0.15) is 0 Å². The van der Waals surface area contributed by atoms with Gasteiger partial charge in [0.2, 0.25) is 6.79 Å². The van der Waals surface area contributed by atoms with Crippen LogP contribution in [-0.4, -0.2) is 82.5 Å². The Morgan fingerprint density at radius 3 is 2.11 bits per heavy atom. The quantitative estimate of drug-likeness (QED) is 0.318. The largest absolute Gasteiger partial charge is 0.481 e. The van der Waals surface area contributed by atoms with E-state index in [0.29, 0.717) is 10.0 Å². The summed E-state index contributed by atoms with van der Waals surface area (Å²) in [6.07, 6.45) is 0.361. The van der Waals surface area contributed by atoms with Gasteiger partial charge in [0.05, 0.1) is 28.6 Å². The van der Waals surface area contributed by atoms with Crippen molar-refractivity contribution in [3.63, 3.8) is 0 Å². The molecule has 0 bridgehead atoms. The minimum Gasteiger partial charge on any atom is -0.481 e. The molecule has 0 unspecified atom stereocenters. The summed E-state index contributed by atoms with van der Waals surface area (Å²) < 4.78 is 10.9. The SMILES string of the molecule is CN(C)CCc1cc2c(cc1N=Cc1ccc(Cl)c(Cl)c1)OCO2.O=C(O)CC(O)(CC(=O)O)C(=O)O. The van der Waals surface area contributed by atoms with Crippen LogP contribution in [0, 0.1) is 0 Å². The van der Waals surface area contributed by atoms with Crippen molar-refractivity contribution in [3.05, 3.63) is 51.5 Å². The van der Waals surface area contributed by atoms with Crippen LogP contribution in [0.1, 0.15) is 24.0 Å². The van der Waals surface area contributed by atoms with Crippen LogP contribution in [0.15, 0.2) is 35.3 Å². The molecule has 37 heavy (non-hydrogen) atoms. The summed E-state index contributed by atoms with van der Waals surface area (Å²) >= 11 is 12.0. The molecule has 0 atom stereocenters. The monoisotopic (exact) mass is 556 g/mol. The lowest BCUT2D eigenvalue weighted by Gasteiger charge is -2.18. The van der Waals surface area contributed by atoms with Crippen molar-refractivity contribution < 1.29 is 44.3 Å². The first-order valence-electron chi connectivity index (χ1n) is 10.8. The van der Waals surface area contributed by atoms with Crippen molar-refractivity contribution in [2.24, 2.45) is 4.99 Å². The van der Waals surface area contributed by atoms with Crippen LogP contribution in [0.25, 0.3) is 0 Å². The topological polar surface area (TPSA) is 166 Å². The van der Waals surface area contributed by atoms with Crippen LogP contribution >= 0.6 is 23.2 Å². The third kappa shape index (κ3) is 9.21. The van der Waals surface area contributed by atoms with E-state index in [1.807, 2.05) is 32.3 Å². The van der Waals surface area contributed by atoms with Gasteiger partial charge in [-0.1, -0.05) is 29.3 Å². The Morgan fingerprint density at radius 2 is 1.59 bits per heavy atom. The maximum absolute atomic E-state index is 10.3. The van der Waals surface area contributed by atoms with Gasteiger partial charge in [-0.15, -0.1) is 0 Å². The van der Waals surface area contributed by atoms with Crippen molar-refractivity contribution in [2.45, 2.75) is 24.9 Å². The summed E-state index contributed by atoms with van der Waals surface area (Å²) in [5.41, 5.74) is 0.134. The lowest BCUT2D eigenvalue weighted by molar-refractivity contribution is -0.170. The molecule has 2 aromatic rings. The van der Waals surface area contributed by atoms with Crippen LogP contribution in [0.3, 0.4) is 0 Å². The number of fused-ring (bicyclic) bond motifs is 1. The molecule has 3 rings (SSSR count). The first kappa shape index (κ1) is 29.8. The van der Waals surface area contributed by atoms with Gasteiger partial charge in [0.15, 0.2) is 17.1 Å². The number of hydrogen-bond acceptors (Lipinski definition) is 8. The fraction of sp³-hybridized carbons (Fsp3) is 0.333. The number of likely N-dealkylation sites (N-methyl/N-ethyl adjacent to an activating group) is 1. The highest BCUT2D eigenvalue weighted by molar-refractivity contribution is 6.42. The van der Waals surface area contributed by atoms with E-state index in [2.05, 4.69) is 9.89 Å². The summed E-state index contributed by atoms with van der Waals surface area (Å²) in [6, 6.07) is 9.36. The highest BCUT2D eigenvalue weighted by Crippen LogP contribution is 2.38. The van der Waals surface area contributed by atoms with Gasteiger partial charge in [-0.3, -0.25) is 14.6 Å². The van der Waals surface area contributed by atoms with Crippen LogP contribution in [0.4, 0.5) is 5.69 Å². The van der Waals surface area contributed by atoms with E-state index in [1.54, 1.807) is 18.3 Å².